The van der Waals surface area contributed by atoms with E-state index in [0.29, 0.717) is 12.8 Å². The lowest BCUT2D eigenvalue weighted by Crippen LogP contribution is -2.27. The number of carbonyl (C=O) groups excluding carboxylic acids is 2. The van der Waals surface area contributed by atoms with Crippen molar-refractivity contribution in [3.05, 3.63) is 0 Å². The molecule has 0 spiro atoms. The maximum absolute atomic E-state index is 11.9. The third-order valence-corrected chi connectivity index (χ3v) is 7.52. The number of rotatable bonds is 29. The topological polar surface area (TPSA) is 131 Å². The van der Waals surface area contributed by atoms with Crippen LogP contribution < -0.4 is 5.32 Å². The van der Waals surface area contributed by atoms with Crippen LogP contribution in [-0.4, -0.2) is 54.3 Å². The Hall–Kier alpha value is -0.990. The second-order valence-electron chi connectivity index (χ2n) is 10.4. The zero-order valence-electron chi connectivity index (χ0n) is 24.8. The number of unbranched alkanes of at least 4 members (excludes halogenated alkanes) is 16. The molecule has 1 amide bonds. The second kappa shape index (κ2) is 27.2. The lowest BCUT2D eigenvalue weighted by molar-refractivity contribution is -0.147. The number of ether oxygens (including phenoxy) is 1. The van der Waals surface area contributed by atoms with Crippen LogP contribution in [0.2, 0.25) is 0 Å². The molecule has 0 aromatic carbocycles. The van der Waals surface area contributed by atoms with Gasteiger partial charge in [-0.1, -0.05) is 117 Å². The van der Waals surface area contributed by atoms with E-state index in [0.717, 1.165) is 25.7 Å². The molecule has 0 saturated carbocycles. The van der Waals surface area contributed by atoms with Crippen molar-refractivity contribution < 1.29 is 37.9 Å². The molecule has 3 N–H and O–H groups in total. The van der Waals surface area contributed by atoms with Crippen molar-refractivity contribution in [2.45, 2.75) is 148 Å². The first-order chi connectivity index (χ1) is 18.8. The summed E-state index contributed by atoms with van der Waals surface area (Å²) in [6, 6.07) is 0. The first-order valence-corrected chi connectivity index (χ1v) is 17.0. The van der Waals surface area contributed by atoms with Crippen molar-refractivity contribution in [2.24, 2.45) is 0 Å². The molecule has 0 aliphatic carbocycles. The van der Waals surface area contributed by atoms with Crippen molar-refractivity contribution >= 4 is 19.7 Å². The van der Waals surface area contributed by atoms with Crippen molar-refractivity contribution in [2.75, 3.05) is 26.4 Å². The summed E-state index contributed by atoms with van der Waals surface area (Å²) in [5.74, 6) is -0.548. The van der Waals surface area contributed by atoms with Crippen molar-refractivity contribution in [3.63, 3.8) is 0 Å². The average Bonchev–Trinajstić information content (AvgIpc) is 2.91. The lowest BCUT2D eigenvalue weighted by atomic mass is 10.0. The Morgan fingerprint density at radius 2 is 1.18 bits per heavy atom. The van der Waals surface area contributed by atoms with E-state index in [4.69, 9.17) is 13.8 Å². The largest absolute Gasteiger partial charge is 0.472 e. The van der Waals surface area contributed by atoms with Gasteiger partial charge in [-0.25, -0.2) is 4.57 Å². The molecule has 2 unspecified atom stereocenters. The fraction of sp³-hybridized carbons (Fsp3) is 0.931. The van der Waals surface area contributed by atoms with Crippen LogP contribution in [0.5, 0.6) is 0 Å². The molecule has 39 heavy (non-hydrogen) atoms. The molecule has 0 aromatic rings. The van der Waals surface area contributed by atoms with E-state index in [-0.39, 0.29) is 32.1 Å². The molecule has 0 aromatic heterocycles. The zero-order chi connectivity index (χ0) is 29.0. The number of hydrogen-bond acceptors (Lipinski definition) is 7. The summed E-state index contributed by atoms with van der Waals surface area (Å²) in [4.78, 5) is 33.0. The van der Waals surface area contributed by atoms with Crippen LogP contribution in [0.1, 0.15) is 142 Å². The molecule has 0 radical (unpaired) electrons. The molecular formula is C29H58NO8P. The standard InChI is InChI=1S/C29H58NO8P/c1-3-5-7-8-9-10-11-12-13-14-15-16-17-18-19-20-21-28(32)30-23-24-37-39(34,35)38-26-27(31)25-36-29(33)22-6-4-2/h27,31H,3-26H2,1-2H3,(H,30,32)(H,34,35). The molecule has 9 nitrogen and oxygen atoms in total. The second-order valence-corrected chi connectivity index (χ2v) is 11.9. The van der Waals surface area contributed by atoms with Gasteiger partial charge in [0.2, 0.25) is 5.91 Å². The van der Waals surface area contributed by atoms with E-state index < -0.39 is 26.5 Å². The summed E-state index contributed by atoms with van der Waals surface area (Å²) in [5.41, 5.74) is 0. The van der Waals surface area contributed by atoms with Crippen molar-refractivity contribution in [1.82, 2.24) is 5.32 Å². The molecule has 0 rings (SSSR count). The zero-order valence-corrected chi connectivity index (χ0v) is 25.7. The van der Waals surface area contributed by atoms with Gasteiger partial charge < -0.3 is 20.1 Å². The summed E-state index contributed by atoms with van der Waals surface area (Å²) in [6.07, 6.45) is 21.5. The quantitative estimate of drug-likeness (QED) is 0.0491. The monoisotopic (exact) mass is 579 g/mol. The highest BCUT2D eigenvalue weighted by Crippen LogP contribution is 2.42. The lowest BCUT2D eigenvalue weighted by Gasteiger charge is -2.15. The SMILES string of the molecule is CCCCCCCCCCCCCCCCCCC(=O)NCCOP(=O)(O)OCC(O)COC(=O)CCCC. The minimum absolute atomic E-state index is 0.0865. The van der Waals surface area contributed by atoms with Gasteiger partial charge in [-0.05, 0) is 12.8 Å². The van der Waals surface area contributed by atoms with Crippen LogP contribution in [0.3, 0.4) is 0 Å². The van der Waals surface area contributed by atoms with Gasteiger partial charge >= 0.3 is 13.8 Å². The maximum Gasteiger partial charge on any atom is 0.472 e. The minimum atomic E-state index is -4.38. The minimum Gasteiger partial charge on any atom is -0.463 e. The van der Waals surface area contributed by atoms with Gasteiger partial charge in [0.25, 0.3) is 0 Å². The van der Waals surface area contributed by atoms with Crippen LogP contribution in [0.4, 0.5) is 0 Å². The van der Waals surface area contributed by atoms with E-state index in [9.17, 15) is 24.2 Å². The van der Waals surface area contributed by atoms with Crippen LogP contribution in [-0.2, 0) is 27.9 Å². The number of aliphatic hydroxyl groups excluding tert-OH is 1. The van der Waals surface area contributed by atoms with Crippen molar-refractivity contribution in [1.29, 1.82) is 0 Å². The summed E-state index contributed by atoms with van der Waals surface area (Å²) in [6.45, 7) is 3.26. The maximum atomic E-state index is 11.9. The Morgan fingerprint density at radius 3 is 1.69 bits per heavy atom. The molecule has 0 aliphatic heterocycles. The van der Waals surface area contributed by atoms with E-state index >= 15 is 0 Å². The number of amides is 1. The Morgan fingerprint density at radius 1 is 0.692 bits per heavy atom. The molecule has 0 aliphatic rings. The number of phosphoric acid groups is 1. The molecular weight excluding hydrogens is 521 g/mol. The normalized spacial score (nSPS) is 13.6. The summed E-state index contributed by atoms with van der Waals surface area (Å²) in [5, 5.41) is 12.4. The van der Waals surface area contributed by atoms with E-state index in [1.165, 1.54) is 83.5 Å². The fourth-order valence-corrected chi connectivity index (χ4v) is 4.88. The molecule has 0 bridgehead atoms. The van der Waals surface area contributed by atoms with Crippen LogP contribution >= 0.6 is 7.82 Å². The third kappa shape index (κ3) is 28.3. The Balaban J connectivity index is 3.52. The van der Waals surface area contributed by atoms with E-state index in [2.05, 4.69) is 12.2 Å². The summed E-state index contributed by atoms with van der Waals surface area (Å²) < 4.78 is 26.2. The van der Waals surface area contributed by atoms with Crippen molar-refractivity contribution in [3.8, 4) is 0 Å². The number of carbonyl (C=O) groups is 2. The molecule has 0 heterocycles. The number of phosphoric ester groups is 1. The predicted octanol–water partition coefficient (Wildman–Crippen LogP) is 6.98. The highest BCUT2D eigenvalue weighted by atomic mass is 31.2. The van der Waals surface area contributed by atoms with Gasteiger partial charge in [-0.15, -0.1) is 0 Å². The predicted molar refractivity (Wildman–Crippen MR) is 155 cm³/mol. The van der Waals surface area contributed by atoms with Gasteiger partial charge in [-0.3, -0.25) is 18.6 Å². The highest BCUT2D eigenvalue weighted by Gasteiger charge is 2.23. The molecule has 232 valence electrons. The van der Waals surface area contributed by atoms with Gasteiger partial charge in [0.15, 0.2) is 0 Å². The average molecular weight is 580 g/mol. The Bertz CT molecular complexity index is 634. The first-order valence-electron chi connectivity index (χ1n) is 15.5. The van der Waals surface area contributed by atoms with Gasteiger partial charge in [0.05, 0.1) is 13.2 Å². The smallest absolute Gasteiger partial charge is 0.463 e. The number of nitrogens with one attached hydrogen (secondary N) is 1. The first kappa shape index (κ1) is 38.0. The Kier molecular flexibility index (Phi) is 26.5. The van der Waals surface area contributed by atoms with Gasteiger partial charge in [0, 0.05) is 19.4 Å². The molecule has 0 fully saturated rings. The van der Waals surface area contributed by atoms with Crippen LogP contribution in [0.25, 0.3) is 0 Å². The summed E-state index contributed by atoms with van der Waals surface area (Å²) in [7, 11) is -4.38. The van der Waals surface area contributed by atoms with Crippen LogP contribution in [0, 0.1) is 0 Å². The Labute approximate surface area is 237 Å². The van der Waals surface area contributed by atoms with Gasteiger partial charge in [0.1, 0.15) is 12.7 Å². The fourth-order valence-electron chi connectivity index (χ4n) is 4.12. The number of esters is 1. The number of hydrogen-bond donors (Lipinski definition) is 3. The third-order valence-electron chi connectivity index (χ3n) is 6.54. The van der Waals surface area contributed by atoms with Gasteiger partial charge in [-0.2, -0.15) is 0 Å². The van der Waals surface area contributed by atoms with E-state index in [1.54, 1.807) is 0 Å². The molecule has 10 heteroatoms. The molecule has 0 saturated heterocycles. The van der Waals surface area contributed by atoms with E-state index in [1.807, 2.05) is 6.92 Å². The highest BCUT2D eigenvalue weighted by molar-refractivity contribution is 7.47. The van der Waals surface area contributed by atoms with Crippen LogP contribution in [0.15, 0.2) is 0 Å². The molecule has 2 atom stereocenters. The summed E-state index contributed by atoms with van der Waals surface area (Å²) >= 11 is 0. The number of aliphatic hydroxyl groups is 1.